The quantitative estimate of drug-likeness (QED) is 0.324. The molecule has 4 rings (SSSR count). The van der Waals surface area contributed by atoms with Gasteiger partial charge in [0.05, 0.1) is 5.56 Å². The van der Waals surface area contributed by atoms with E-state index in [1.54, 1.807) is 30.3 Å². The van der Waals surface area contributed by atoms with Crippen LogP contribution in [0.4, 0.5) is 13.2 Å². The van der Waals surface area contributed by atoms with Gasteiger partial charge in [-0.2, -0.15) is 0 Å². The molecule has 2 nitrogen and oxygen atoms in total. The minimum Gasteiger partial charge on any atom is -0.451 e. The number of carbonyl (C=O) groups is 1. The van der Waals surface area contributed by atoms with Gasteiger partial charge >= 0.3 is 5.97 Å². The van der Waals surface area contributed by atoms with E-state index in [1.165, 1.54) is 38.5 Å². The van der Waals surface area contributed by atoms with E-state index in [4.69, 9.17) is 4.74 Å². The molecule has 0 unspecified atom stereocenters. The number of rotatable bonds is 6. The molecule has 178 valence electrons. The highest BCUT2D eigenvalue weighted by Crippen LogP contribution is 2.48. The maximum atomic E-state index is 14.1. The van der Waals surface area contributed by atoms with Gasteiger partial charge in [0.25, 0.3) is 0 Å². The molecule has 33 heavy (non-hydrogen) atoms. The Hall–Kier alpha value is -2.30. The molecule has 0 heterocycles. The second kappa shape index (κ2) is 10.3. The summed E-state index contributed by atoms with van der Waals surface area (Å²) in [5.41, 5.74) is -0.567. The Labute approximate surface area is 194 Å². The van der Waals surface area contributed by atoms with Crippen LogP contribution in [0.3, 0.4) is 0 Å². The Balaban J connectivity index is 1.53. The van der Waals surface area contributed by atoms with Crippen LogP contribution in [0, 0.1) is 35.2 Å². The molecule has 0 bridgehead atoms. The minimum atomic E-state index is -1.50. The molecule has 0 aliphatic heterocycles. The second-order valence-electron chi connectivity index (χ2n) is 9.91. The van der Waals surface area contributed by atoms with Crippen molar-refractivity contribution in [2.75, 3.05) is 0 Å². The Bertz CT molecular complexity index is 920. The smallest absolute Gasteiger partial charge is 0.339 e. The fourth-order valence-corrected chi connectivity index (χ4v) is 6.01. The van der Waals surface area contributed by atoms with Crippen LogP contribution in [0.5, 0.6) is 0 Å². The van der Waals surface area contributed by atoms with E-state index in [2.05, 4.69) is 6.92 Å². The lowest BCUT2D eigenvalue weighted by molar-refractivity contribution is -0.0558. The number of esters is 1. The first kappa shape index (κ1) is 23.8. The van der Waals surface area contributed by atoms with E-state index in [9.17, 15) is 18.0 Å². The molecule has 2 fully saturated rings. The fraction of sp³-hybridized carbons (Fsp3) is 0.536. The number of ether oxygens (including phenoxy) is 1. The molecule has 0 N–H and O–H groups in total. The Kier molecular flexibility index (Phi) is 7.45. The van der Waals surface area contributed by atoms with Gasteiger partial charge in [-0.05, 0) is 80.5 Å². The molecule has 2 aliphatic rings. The standard InChI is InChI=1S/C28H33F3O2/c1-2-6-19-9-11-20(12-10-19)21-13-15-28(16-14-21,23-17-24(29)26(31)25(30)18-23)33-27(32)22-7-4-3-5-8-22/h3-5,7-8,17-21H,2,6,9-16H2,1H3. The number of carbonyl (C=O) groups excluding carboxylic acids is 1. The summed E-state index contributed by atoms with van der Waals surface area (Å²) < 4.78 is 47.9. The third kappa shape index (κ3) is 5.28. The Morgan fingerprint density at radius 3 is 2.06 bits per heavy atom. The molecule has 0 aromatic heterocycles. The molecule has 0 amide bonds. The predicted molar refractivity (Wildman–Crippen MR) is 122 cm³/mol. The third-order valence-corrected chi connectivity index (χ3v) is 7.90. The zero-order valence-electron chi connectivity index (χ0n) is 19.3. The summed E-state index contributed by atoms with van der Waals surface area (Å²) in [7, 11) is 0. The molecule has 0 atom stereocenters. The topological polar surface area (TPSA) is 26.3 Å². The van der Waals surface area contributed by atoms with Crippen LogP contribution < -0.4 is 0 Å². The summed E-state index contributed by atoms with van der Waals surface area (Å²) in [6.45, 7) is 2.24. The maximum absolute atomic E-state index is 14.1. The Morgan fingerprint density at radius 1 is 0.909 bits per heavy atom. The number of hydrogen-bond donors (Lipinski definition) is 0. The maximum Gasteiger partial charge on any atom is 0.339 e. The molecule has 2 saturated carbocycles. The van der Waals surface area contributed by atoms with Gasteiger partial charge in [-0.15, -0.1) is 0 Å². The van der Waals surface area contributed by atoms with Crippen molar-refractivity contribution in [2.45, 2.75) is 76.7 Å². The molecule has 2 aliphatic carbocycles. The molecule has 2 aromatic carbocycles. The van der Waals surface area contributed by atoms with E-state index in [0.717, 1.165) is 30.9 Å². The lowest BCUT2D eigenvalue weighted by Gasteiger charge is -2.43. The summed E-state index contributed by atoms with van der Waals surface area (Å²) in [4.78, 5) is 12.9. The van der Waals surface area contributed by atoms with Crippen LogP contribution in [0.25, 0.3) is 0 Å². The number of hydrogen-bond acceptors (Lipinski definition) is 2. The molecule has 2 aromatic rings. The van der Waals surface area contributed by atoms with Gasteiger partial charge in [-0.3, -0.25) is 0 Å². The van der Waals surface area contributed by atoms with Crippen molar-refractivity contribution >= 4 is 5.97 Å². The van der Waals surface area contributed by atoms with Crippen LogP contribution in [0.2, 0.25) is 0 Å². The monoisotopic (exact) mass is 458 g/mol. The van der Waals surface area contributed by atoms with Crippen LogP contribution >= 0.6 is 0 Å². The average Bonchev–Trinajstić information content (AvgIpc) is 2.84. The lowest BCUT2D eigenvalue weighted by atomic mass is 9.66. The van der Waals surface area contributed by atoms with Gasteiger partial charge in [0, 0.05) is 5.56 Å². The van der Waals surface area contributed by atoms with Crippen molar-refractivity contribution in [1.29, 1.82) is 0 Å². The van der Waals surface area contributed by atoms with E-state index in [1.807, 2.05) is 0 Å². The average molecular weight is 459 g/mol. The fourth-order valence-electron chi connectivity index (χ4n) is 6.01. The van der Waals surface area contributed by atoms with Crippen LogP contribution in [-0.2, 0) is 10.3 Å². The van der Waals surface area contributed by atoms with Crippen LogP contribution in [0.1, 0.15) is 87.1 Å². The predicted octanol–water partition coefficient (Wildman–Crippen LogP) is 7.95. The van der Waals surface area contributed by atoms with E-state index in [-0.39, 0.29) is 5.56 Å². The van der Waals surface area contributed by atoms with E-state index >= 15 is 0 Å². The SMILES string of the molecule is CCCC1CCC(C2CCC(OC(=O)c3ccccc3)(c3cc(F)c(F)c(F)c3)CC2)CC1. The molecule has 5 heteroatoms. The number of benzene rings is 2. The van der Waals surface area contributed by atoms with Crippen LogP contribution in [-0.4, -0.2) is 5.97 Å². The molecule has 0 spiro atoms. The van der Waals surface area contributed by atoms with Gasteiger partial charge in [0.1, 0.15) is 5.60 Å². The summed E-state index contributed by atoms with van der Waals surface area (Å²) >= 11 is 0. The van der Waals surface area contributed by atoms with Crippen molar-refractivity contribution in [3.63, 3.8) is 0 Å². The Morgan fingerprint density at radius 2 is 1.48 bits per heavy atom. The third-order valence-electron chi connectivity index (χ3n) is 7.90. The number of halogens is 3. The van der Waals surface area contributed by atoms with Crippen molar-refractivity contribution in [3.8, 4) is 0 Å². The van der Waals surface area contributed by atoms with E-state index < -0.39 is 29.0 Å². The van der Waals surface area contributed by atoms with Crippen LogP contribution in [0.15, 0.2) is 42.5 Å². The lowest BCUT2D eigenvalue weighted by Crippen LogP contribution is -2.39. The molecule has 0 radical (unpaired) electrons. The molecular formula is C28H33F3O2. The minimum absolute atomic E-state index is 0.202. The molecular weight excluding hydrogens is 425 g/mol. The van der Waals surface area contributed by atoms with Crippen molar-refractivity contribution in [2.24, 2.45) is 17.8 Å². The largest absolute Gasteiger partial charge is 0.451 e. The van der Waals surface area contributed by atoms with Gasteiger partial charge in [0.2, 0.25) is 0 Å². The first-order chi connectivity index (χ1) is 15.9. The molecule has 0 saturated heterocycles. The van der Waals surface area contributed by atoms with Crippen molar-refractivity contribution in [3.05, 3.63) is 71.0 Å². The zero-order chi connectivity index (χ0) is 23.4. The second-order valence-corrected chi connectivity index (χ2v) is 9.91. The summed E-state index contributed by atoms with van der Waals surface area (Å²) in [6.07, 6.45) is 10.2. The van der Waals surface area contributed by atoms with Gasteiger partial charge in [-0.1, -0.05) is 50.8 Å². The van der Waals surface area contributed by atoms with Gasteiger partial charge in [-0.25, -0.2) is 18.0 Å². The summed E-state index contributed by atoms with van der Waals surface area (Å²) in [5, 5.41) is 0. The first-order valence-corrected chi connectivity index (χ1v) is 12.3. The summed E-state index contributed by atoms with van der Waals surface area (Å²) in [5.74, 6) is -2.52. The summed E-state index contributed by atoms with van der Waals surface area (Å²) in [6, 6.07) is 10.6. The first-order valence-electron chi connectivity index (χ1n) is 12.3. The van der Waals surface area contributed by atoms with Crippen molar-refractivity contribution in [1.82, 2.24) is 0 Å². The van der Waals surface area contributed by atoms with Crippen molar-refractivity contribution < 1.29 is 22.7 Å². The highest BCUT2D eigenvalue weighted by atomic mass is 19.2. The van der Waals surface area contributed by atoms with E-state index in [0.29, 0.717) is 30.2 Å². The highest BCUT2D eigenvalue weighted by Gasteiger charge is 2.43. The van der Waals surface area contributed by atoms with Gasteiger partial charge < -0.3 is 4.74 Å². The zero-order valence-corrected chi connectivity index (χ0v) is 19.3. The highest BCUT2D eigenvalue weighted by molar-refractivity contribution is 5.89. The van der Waals surface area contributed by atoms with Gasteiger partial charge in [0.15, 0.2) is 17.5 Å². The normalized spacial score (nSPS) is 27.8.